The third kappa shape index (κ3) is 5.94. The van der Waals surface area contributed by atoms with Gasteiger partial charge in [-0.2, -0.15) is 13.2 Å². The molecule has 2 aliphatic heterocycles. The van der Waals surface area contributed by atoms with Crippen molar-refractivity contribution < 1.29 is 42.0 Å². The molecule has 3 aromatic carbocycles. The number of halogens is 3. The van der Waals surface area contributed by atoms with Gasteiger partial charge in [0.2, 0.25) is 11.8 Å². The summed E-state index contributed by atoms with van der Waals surface area (Å²) in [7, 11) is 1.33. The van der Waals surface area contributed by atoms with E-state index in [-0.39, 0.29) is 27.7 Å². The molecule has 0 saturated carbocycles. The SMILES string of the molecule is COc1cc([C@H]2c3sc(=O)[nH]c3SC3C(=O)N(c4ccc([N+](=O)[O-])cc4)C(=O)C32)ccc1OCC(=O)Nc1ccccc1C(F)(F)F. The molecule has 242 valence electrons. The van der Waals surface area contributed by atoms with Crippen molar-refractivity contribution in [2.24, 2.45) is 5.92 Å². The summed E-state index contributed by atoms with van der Waals surface area (Å²) in [5.74, 6) is -3.53. The van der Waals surface area contributed by atoms with Gasteiger partial charge >= 0.3 is 11.0 Å². The van der Waals surface area contributed by atoms with Crippen molar-refractivity contribution in [2.45, 2.75) is 22.4 Å². The first-order chi connectivity index (χ1) is 22.4. The lowest BCUT2D eigenvalue weighted by Crippen LogP contribution is -2.32. The molecule has 1 aromatic heterocycles. The lowest BCUT2D eigenvalue weighted by atomic mass is 9.83. The number of nitrogens with zero attached hydrogens (tertiary/aromatic N) is 2. The molecule has 1 saturated heterocycles. The highest BCUT2D eigenvalue weighted by atomic mass is 32.2. The van der Waals surface area contributed by atoms with Crippen LogP contribution in [0, 0.1) is 16.0 Å². The molecule has 3 atom stereocenters. The van der Waals surface area contributed by atoms with E-state index in [0.717, 1.165) is 40.1 Å². The zero-order valence-electron chi connectivity index (χ0n) is 23.9. The molecule has 0 aliphatic carbocycles. The number of fused-ring (bicyclic) bond motifs is 2. The zero-order valence-corrected chi connectivity index (χ0v) is 25.5. The van der Waals surface area contributed by atoms with E-state index in [1.54, 1.807) is 6.07 Å². The molecule has 1 fully saturated rings. The summed E-state index contributed by atoms with van der Waals surface area (Å²) in [6.07, 6.45) is -4.68. The van der Waals surface area contributed by atoms with Gasteiger partial charge in [-0.1, -0.05) is 41.3 Å². The van der Waals surface area contributed by atoms with Crippen molar-refractivity contribution in [3.63, 3.8) is 0 Å². The Balaban J connectivity index is 1.28. The highest BCUT2D eigenvalue weighted by Gasteiger charge is 2.56. The number of hydrogen-bond donors (Lipinski definition) is 2. The first kappa shape index (κ1) is 31.8. The van der Waals surface area contributed by atoms with Gasteiger partial charge in [0.15, 0.2) is 18.1 Å². The zero-order chi connectivity index (χ0) is 33.6. The number of nitrogens with one attached hydrogen (secondary N) is 2. The van der Waals surface area contributed by atoms with Crippen LogP contribution in [0.4, 0.5) is 30.2 Å². The van der Waals surface area contributed by atoms with Crippen molar-refractivity contribution >= 4 is 57.9 Å². The number of aromatic amines is 1. The van der Waals surface area contributed by atoms with Crippen molar-refractivity contribution in [1.82, 2.24) is 4.98 Å². The summed E-state index contributed by atoms with van der Waals surface area (Å²) in [6, 6.07) is 14.1. The Morgan fingerprint density at radius 1 is 1.04 bits per heavy atom. The number of nitro benzene ring substituents is 1. The molecule has 3 amide bonds. The largest absolute Gasteiger partial charge is 0.493 e. The van der Waals surface area contributed by atoms with Crippen LogP contribution in [0.5, 0.6) is 11.5 Å². The average Bonchev–Trinajstić information content (AvgIpc) is 3.53. The maximum absolute atomic E-state index is 13.9. The number of carbonyl (C=O) groups is 3. The molecule has 4 aromatic rings. The number of benzene rings is 3. The smallest absolute Gasteiger partial charge is 0.418 e. The minimum absolute atomic E-state index is 0.0704. The Kier molecular flexibility index (Phi) is 8.27. The van der Waals surface area contributed by atoms with Gasteiger partial charge in [-0.05, 0) is 42.0 Å². The molecule has 2 N–H and O–H groups in total. The second-order valence-corrected chi connectivity index (χ2v) is 12.5. The van der Waals surface area contributed by atoms with E-state index < -0.39 is 63.8 Å². The number of hydrogen-bond acceptors (Lipinski definition) is 10. The molecule has 0 radical (unpaired) electrons. The monoisotopic (exact) mass is 686 g/mol. The Bertz CT molecular complexity index is 1980. The fraction of sp³-hybridized carbons (Fsp3) is 0.200. The van der Waals surface area contributed by atoms with Crippen LogP contribution in [0.15, 0.2) is 76.6 Å². The molecule has 47 heavy (non-hydrogen) atoms. The van der Waals surface area contributed by atoms with Crippen LogP contribution in [0.3, 0.4) is 0 Å². The lowest BCUT2D eigenvalue weighted by Gasteiger charge is -2.30. The molecule has 3 heterocycles. The minimum Gasteiger partial charge on any atom is -0.493 e. The Labute approximate surface area is 270 Å². The number of H-pyrrole nitrogens is 1. The molecule has 12 nitrogen and oxygen atoms in total. The molecule has 0 spiro atoms. The number of para-hydroxylation sites is 1. The van der Waals surface area contributed by atoms with E-state index in [2.05, 4.69) is 10.3 Å². The van der Waals surface area contributed by atoms with Crippen LogP contribution in [0.25, 0.3) is 0 Å². The highest BCUT2D eigenvalue weighted by Crippen LogP contribution is 2.54. The number of carbonyl (C=O) groups excluding carboxylic acids is 3. The Hall–Kier alpha value is -5.16. The fourth-order valence-electron chi connectivity index (χ4n) is 5.52. The van der Waals surface area contributed by atoms with Gasteiger partial charge in [0.25, 0.3) is 11.6 Å². The van der Waals surface area contributed by atoms with E-state index in [1.807, 2.05) is 0 Å². The summed E-state index contributed by atoms with van der Waals surface area (Å²) in [5, 5.41) is 12.8. The summed E-state index contributed by atoms with van der Waals surface area (Å²) >= 11 is 1.95. The molecule has 2 unspecified atom stereocenters. The number of anilines is 2. The van der Waals surface area contributed by atoms with E-state index in [0.29, 0.717) is 15.5 Å². The fourth-order valence-corrected chi connectivity index (χ4v) is 8.04. The van der Waals surface area contributed by atoms with Crippen molar-refractivity contribution in [1.29, 1.82) is 0 Å². The summed E-state index contributed by atoms with van der Waals surface area (Å²) in [6.45, 7) is -0.659. The van der Waals surface area contributed by atoms with Crippen LogP contribution in [0.2, 0.25) is 0 Å². The number of aromatic nitrogens is 1. The molecular weight excluding hydrogens is 665 g/mol. The number of nitro groups is 1. The predicted octanol–water partition coefficient (Wildman–Crippen LogP) is 5.19. The summed E-state index contributed by atoms with van der Waals surface area (Å²) in [4.78, 5) is 66.8. The van der Waals surface area contributed by atoms with Crippen molar-refractivity contribution in [2.75, 3.05) is 23.9 Å². The standard InChI is InChI=1S/C30H21F3N4O8S2/c1-44-20-12-14(6-11-19(20)45-13-21(38)34-18-5-3-2-4-17(18)30(31,32)33)22-23-25(46-26-24(22)47-29(41)35-26)28(40)36(27(23)39)15-7-9-16(10-8-15)37(42)43/h2-12,22-23,25H,13H2,1H3,(H,34,38)(H,35,41)/t22-,23?,25?/m1/s1. The maximum atomic E-state index is 13.9. The van der Waals surface area contributed by atoms with Gasteiger partial charge in [0, 0.05) is 22.9 Å². The first-order valence-corrected chi connectivity index (χ1v) is 15.4. The molecular formula is C30H21F3N4O8S2. The Morgan fingerprint density at radius 3 is 2.45 bits per heavy atom. The summed E-state index contributed by atoms with van der Waals surface area (Å²) < 4.78 is 51.0. The number of imide groups is 1. The summed E-state index contributed by atoms with van der Waals surface area (Å²) in [5.41, 5.74) is -1.02. The predicted molar refractivity (Wildman–Crippen MR) is 164 cm³/mol. The van der Waals surface area contributed by atoms with E-state index in [4.69, 9.17) is 9.47 Å². The van der Waals surface area contributed by atoms with Crippen LogP contribution >= 0.6 is 23.1 Å². The Morgan fingerprint density at radius 2 is 1.77 bits per heavy atom. The lowest BCUT2D eigenvalue weighted by molar-refractivity contribution is -0.384. The quantitative estimate of drug-likeness (QED) is 0.145. The number of ether oxygens (including phenoxy) is 2. The molecule has 6 rings (SSSR count). The number of amides is 3. The third-order valence-electron chi connectivity index (χ3n) is 7.55. The number of rotatable bonds is 8. The van der Waals surface area contributed by atoms with E-state index >= 15 is 0 Å². The number of thioether (sulfide) groups is 1. The number of non-ortho nitro benzene ring substituents is 1. The molecule has 17 heteroatoms. The average molecular weight is 687 g/mol. The molecule has 2 aliphatic rings. The van der Waals surface area contributed by atoms with Crippen molar-refractivity contribution in [3.8, 4) is 11.5 Å². The van der Waals surface area contributed by atoms with Gasteiger partial charge in [-0.15, -0.1) is 0 Å². The highest BCUT2D eigenvalue weighted by molar-refractivity contribution is 8.00. The van der Waals surface area contributed by atoms with Gasteiger partial charge in [0.1, 0.15) is 5.25 Å². The van der Waals surface area contributed by atoms with Crippen LogP contribution in [-0.2, 0) is 20.6 Å². The van der Waals surface area contributed by atoms with E-state index in [1.165, 1.54) is 55.6 Å². The molecule has 0 bridgehead atoms. The van der Waals surface area contributed by atoms with Crippen LogP contribution in [0.1, 0.15) is 21.9 Å². The van der Waals surface area contributed by atoms with Gasteiger partial charge in [-0.25, -0.2) is 4.90 Å². The maximum Gasteiger partial charge on any atom is 0.418 e. The number of thiazole rings is 1. The first-order valence-electron chi connectivity index (χ1n) is 13.7. The topological polar surface area (TPSA) is 161 Å². The third-order valence-corrected chi connectivity index (χ3v) is 9.96. The number of methoxy groups -OCH3 is 1. The minimum atomic E-state index is -4.68. The van der Waals surface area contributed by atoms with Gasteiger partial charge in [0.05, 0.1) is 39.9 Å². The second kappa shape index (κ2) is 12.2. The van der Waals surface area contributed by atoms with Crippen LogP contribution < -0.4 is 24.6 Å². The normalized spacial score (nSPS) is 18.8. The van der Waals surface area contributed by atoms with Crippen molar-refractivity contribution in [3.05, 3.63) is 103 Å². The second-order valence-electron chi connectivity index (χ2n) is 10.3. The van der Waals surface area contributed by atoms with Gasteiger partial charge < -0.3 is 19.8 Å². The van der Waals surface area contributed by atoms with Gasteiger partial charge in [-0.3, -0.25) is 29.3 Å². The number of alkyl halides is 3. The van der Waals surface area contributed by atoms with Crippen LogP contribution in [-0.4, -0.2) is 46.6 Å². The van der Waals surface area contributed by atoms with E-state index in [9.17, 15) is 42.5 Å².